The van der Waals surface area contributed by atoms with Gasteiger partial charge in [0.2, 0.25) is 0 Å². The molecule has 1 fully saturated rings. The molecule has 1 aromatic rings. The number of aliphatic carboxylic acids is 1. The van der Waals surface area contributed by atoms with Crippen LogP contribution in [-0.4, -0.2) is 23.7 Å². The van der Waals surface area contributed by atoms with Gasteiger partial charge in [0.15, 0.2) is 0 Å². The third-order valence-electron chi connectivity index (χ3n) is 4.75. The number of rotatable bonds is 8. The van der Waals surface area contributed by atoms with Crippen molar-refractivity contribution in [3.63, 3.8) is 0 Å². The van der Waals surface area contributed by atoms with Gasteiger partial charge in [-0.2, -0.15) is 0 Å². The van der Waals surface area contributed by atoms with Gasteiger partial charge < -0.3 is 10.4 Å². The molecule has 3 nitrogen and oxygen atoms in total. The number of carboxylic acid groups (broad SMARTS) is 1. The average molecular weight is 303 g/mol. The first-order valence-electron chi connectivity index (χ1n) is 8.65. The lowest BCUT2D eigenvalue weighted by Gasteiger charge is -2.25. The molecule has 3 heteroatoms. The number of benzene rings is 1. The SMILES string of the molecule is CC(CN[C@H](Cc1ccccc1)C(=O)O)CC1CCCCC1. The van der Waals surface area contributed by atoms with E-state index in [1.807, 2.05) is 30.3 Å². The molecule has 2 rings (SSSR count). The summed E-state index contributed by atoms with van der Waals surface area (Å²) in [5.41, 5.74) is 1.07. The van der Waals surface area contributed by atoms with E-state index in [1.54, 1.807) is 0 Å². The second-order valence-corrected chi connectivity index (χ2v) is 6.83. The minimum absolute atomic E-state index is 0.490. The fourth-order valence-electron chi connectivity index (χ4n) is 3.52. The maximum absolute atomic E-state index is 11.4. The Morgan fingerprint density at radius 1 is 1.23 bits per heavy atom. The first-order valence-corrected chi connectivity index (χ1v) is 8.65. The zero-order chi connectivity index (χ0) is 15.8. The molecule has 1 saturated carbocycles. The molecule has 22 heavy (non-hydrogen) atoms. The zero-order valence-electron chi connectivity index (χ0n) is 13.6. The standard InChI is InChI=1S/C19H29NO2/c1-15(12-16-8-4-2-5-9-16)14-20-18(19(21)22)13-17-10-6-3-7-11-17/h3,6-7,10-11,15-16,18,20H,2,4-5,8-9,12-14H2,1H3,(H,21,22)/t15?,18-/m1/s1. The molecule has 1 aliphatic rings. The molecule has 0 bridgehead atoms. The largest absolute Gasteiger partial charge is 0.480 e. The number of nitrogens with one attached hydrogen (secondary N) is 1. The topological polar surface area (TPSA) is 49.3 Å². The number of hydrogen-bond donors (Lipinski definition) is 2. The van der Waals surface area contributed by atoms with E-state index in [9.17, 15) is 9.90 Å². The predicted molar refractivity (Wildman–Crippen MR) is 89.9 cm³/mol. The number of carboxylic acids is 1. The lowest BCUT2D eigenvalue weighted by Crippen LogP contribution is -2.41. The van der Waals surface area contributed by atoms with Crippen molar-refractivity contribution in [3.05, 3.63) is 35.9 Å². The van der Waals surface area contributed by atoms with E-state index in [-0.39, 0.29) is 0 Å². The second-order valence-electron chi connectivity index (χ2n) is 6.83. The number of hydrogen-bond acceptors (Lipinski definition) is 2. The van der Waals surface area contributed by atoms with E-state index in [2.05, 4.69) is 12.2 Å². The van der Waals surface area contributed by atoms with Crippen LogP contribution in [0.5, 0.6) is 0 Å². The molecule has 2 N–H and O–H groups in total. The summed E-state index contributed by atoms with van der Waals surface area (Å²) in [5, 5.41) is 12.7. The molecule has 0 spiro atoms. The van der Waals surface area contributed by atoms with Crippen molar-refractivity contribution in [1.29, 1.82) is 0 Å². The van der Waals surface area contributed by atoms with Crippen LogP contribution in [0.3, 0.4) is 0 Å². The molecule has 122 valence electrons. The molecule has 2 atom stereocenters. The van der Waals surface area contributed by atoms with Crippen LogP contribution < -0.4 is 5.32 Å². The van der Waals surface area contributed by atoms with Gasteiger partial charge in [0.1, 0.15) is 6.04 Å². The molecule has 0 radical (unpaired) electrons. The van der Waals surface area contributed by atoms with E-state index in [4.69, 9.17) is 0 Å². The molecule has 0 amide bonds. The van der Waals surface area contributed by atoms with E-state index < -0.39 is 12.0 Å². The van der Waals surface area contributed by atoms with Gasteiger partial charge in [0.25, 0.3) is 0 Å². The van der Waals surface area contributed by atoms with Crippen molar-refractivity contribution < 1.29 is 9.90 Å². The van der Waals surface area contributed by atoms with Gasteiger partial charge in [-0.1, -0.05) is 69.4 Å². The minimum atomic E-state index is -0.756. The Morgan fingerprint density at radius 3 is 2.55 bits per heavy atom. The van der Waals surface area contributed by atoms with Gasteiger partial charge in [0, 0.05) is 0 Å². The maximum Gasteiger partial charge on any atom is 0.321 e. The van der Waals surface area contributed by atoms with Crippen molar-refractivity contribution in [2.75, 3.05) is 6.54 Å². The summed E-state index contributed by atoms with van der Waals surface area (Å²) in [6.07, 6.45) is 8.62. The van der Waals surface area contributed by atoms with E-state index >= 15 is 0 Å². The molecule has 0 aliphatic heterocycles. The van der Waals surface area contributed by atoms with Crippen molar-refractivity contribution in [2.45, 2.75) is 57.9 Å². The Hall–Kier alpha value is -1.35. The summed E-state index contributed by atoms with van der Waals surface area (Å²) in [4.78, 5) is 11.4. The Kier molecular flexibility index (Phi) is 6.91. The average Bonchev–Trinajstić information content (AvgIpc) is 2.53. The summed E-state index contributed by atoms with van der Waals surface area (Å²) < 4.78 is 0. The van der Waals surface area contributed by atoms with Crippen molar-refractivity contribution in [1.82, 2.24) is 5.32 Å². The van der Waals surface area contributed by atoms with Crippen molar-refractivity contribution >= 4 is 5.97 Å². The monoisotopic (exact) mass is 303 g/mol. The van der Waals surface area contributed by atoms with Crippen molar-refractivity contribution in [2.24, 2.45) is 11.8 Å². The lowest BCUT2D eigenvalue weighted by atomic mass is 9.83. The zero-order valence-corrected chi connectivity index (χ0v) is 13.6. The smallest absolute Gasteiger partial charge is 0.321 e. The molecular formula is C19H29NO2. The summed E-state index contributed by atoms with van der Waals surface area (Å²) >= 11 is 0. The van der Waals surface area contributed by atoms with Crippen LogP contribution in [0.25, 0.3) is 0 Å². The highest BCUT2D eigenvalue weighted by molar-refractivity contribution is 5.73. The van der Waals surface area contributed by atoms with Crippen LogP contribution in [0.4, 0.5) is 0 Å². The highest BCUT2D eigenvalue weighted by Gasteiger charge is 2.20. The highest BCUT2D eigenvalue weighted by Crippen LogP contribution is 2.28. The number of carbonyl (C=O) groups is 1. The molecule has 1 unspecified atom stereocenters. The molecular weight excluding hydrogens is 274 g/mol. The van der Waals surface area contributed by atoms with Gasteiger partial charge in [-0.05, 0) is 36.8 Å². The third-order valence-corrected chi connectivity index (χ3v) is 4.75. The lowest BCUT2D eigenvalue weighted by molar-refractivity contribution is -0.139. The van der Waals surface area contributed by atoms with Gasteiger partial charge in [0.05, 0.1) is 0 Å². The van der Waals surface area contributed by atoms with Crippen molar-refractivity contribution in [3.8, 4) is 0 Å². The maximum atomic E-state index is 11.4. The second kappa shape index (κ2) is 8.94. The fourth-order valence-corrected chi connectivity index (χ4v) is 3.52. The van der Waals surface area contributed by atoms with Crippen LogP contribution >= 0.6 is 0 Å². The minimum Gasteiger partial charge on any atom is -0.480 e. The van der Waals surface area contributed by atoms with Crippen LogP contribution in [0.2, 0.25) is 0 Å². The Balaban J connectivity index is 1.77. The quantitative estimate of drug-likeness (QED) is 0.766. The van der Waals surface area contributed by atoms with Crippen LogP contribution in [0.1, 0.15) is 51.0 Å². The Bertz CT molecular complexity index is 440. The highest BCUT2D eigenvalue weighted by atomic mass is 16.4. The molecule has 0 aromatic heterocycles. The Morgan fingerprint density at radius 2 is 1.91 bits per heavy atom. The Labute approximate surface area is 134 Å². The third kappa shape index (κ3) is 5.80. The normalized spacial score (nSPS) is 18.8. The van der Waals surface area contributed by atoms with E-state index in [1.165, 1.54) is 38.5 Å². The van der Waals surface area contributed by atoms with Crippen LogP contribution in [0, 0.1) is 11.8 Å². The van der Waals surface area contributed by atoms with E-state index in [0.717, 1.165) is 18.0 Å². The molecule has 1 aliphatic carbocycles. The van der Waals surface area contributed by atoms with Crippen LogP contribution in [0.15, 0.2) is 30.3 Å². The summed E-state index contributed by atoms with van der Waals surface area (Å²) in [6, 6.07) is 9.36. The first-order chi connectivity index (χ1) is 10.6. The summed E-state index contributed by atoms with van der Waals surface area (Å²) in [7, 11) is 0. The fraction of sp³-hybridized carbons (Fsp3) is 0.632. The van der Waals surface area contributed by atoms with Gasteiger partial charge in [-0.3, -0.25) is 4.79 Å². The summed E-state index contributed by atoms with van der Waals surface area (Å²) in [6.45, 7) is 3.03. The van der Waals surface area contributed by atoms with Gasteiger partial charge in [-0.25, -0.2) is 0 Å². The first kappa shape index (κ1) is 17.0. The molecule has 0 heterocycles. The van der Waals surface area contributed by atoms with Gasteiger partial charge >= 0.3 is 5.97 Å². The molecule has 1 aromatic carbocycles. The molecule has 0 saturated heterocycles. The van der Waals surface area contributed by atoms with E-state index in [0.29, 0.717) is 12.3 Å². The summed E-state index contributed by atoms with van der Waals surface area (Å²) in [5.74, 6) is 0.636. The predicted octanol–water partition coefficient (Wildman–Crippen LogP) is 3.88. The van der Waals surface area contributed by atoms with Crippen LogP contribution in [-0.2, 0) is 11.2 Å². The van der Waals surface area contributed by atoms with Gasteiger partial charge in [-0.15, -0.1) is 0 Å².